The molecule has 6 aromatic rings. The summed E-state index contributed by atoms with van der Waals surface area (Å²) in [5, 5.41) is 22.9. The number of fused-ring (bicyclic) bond motifs is 2. The van der Waals surface area contributed by atoms with E-state index in [-0.39, 0.29) is 15.2 Å². The van der Waals surface area contributed by atoms with Gasteiger partial charge in [-0.15, -0.1) is 15.3 Å². The maximum absolute atomic E-state index is 12.3. The smallest absolute Gasteiger partial charge is 0.295 e. The lowest BCUT2D eigenvalue weighted by molar-refractivity contribution is 0.481. The van der Waals surface area contributed by atoms with E-state index in [0.29, 0.717) is 33.8 Å². The zero-order chi connectivity index (χ0) is 31.6. The van der Waals surface area contributed by atoms with Gasteiger partial charge in [-0.2, -0.15) is 21.9 Å². The van der Waals surface area contributed by atoms with Crippen LogP contribution in [-0.2, 0) is 20.2 Å². The van der Waals surface area contributed by atoms with E-state index in [1.807, 2.05) is 54.6 Å². The molecular formula is C32H23N5O6S2. The van der Waals surface area contributed by atoms with E-state index >= 15 is 0 Å². The molecule has 0 radical (unpaired) electrons. The van der Waals surface area contributed by atoms with Crippen molar-refractivity contribution < 1.29 is 25.9 Å². The fourth-order valence-electron chi connectivity index (χ4n) is 4.79. The van der Waals surface area contributed by atoms with Crippen LogP contribution in [0.4, 0.5) is 34.1 Å². The number of hydrogen-bond acceptors (Lipinski definition) is 9. The maximum Gasteiger partial charge on any atom is 0.295 e. The normalized spacial score (nSPS) is 12.4. The molecule has 0 saturated heterocycles. The number of anilines is 2. The Morgan fingerprint density at radius 1 is 0.489 bits per heavy atom. The van der Waals surface area contributed by atoms with Gasteiger partial charge in [-0.05, 0) is 66.7 Å². The topological polar surface area (TPSA) is 170 Å². The molecule has 45 heavy (non-hydrogen) atoms. The van der Waals surface area contributed by atoms with E-state index in [9.17, 15) is 25.9 Å². The third kappa shape index (κ3) is 6.46. The summed E-state index contributed by atoms with van der Waals surface area (Å²) >= 11 is 0. The molecule has 0 aliphatic carbocycles. The summed E-state index contributed by atoms with van der Waals surface area (Å²) in [6, 6.07) is 33.3. The first-order valence-corrected chi connectivity index (χ1v) is 16.2. The Labute approximate surface area is 258 Å². The Bertz CT molecular complexity index is 2340. The molecule has 0 atom stereocenters. The molecule has 0 bridgehead atoms. The van der Waals surface area contributed by atoms with E-state index in [0.717, 1.165) is 16.5 Å². The van der Waals surface area contributed by atoms with E-state index in [1.54, 1.807) is 30.3 Å². The lowest BCUT2D eigenvalue weighted by Gasteiger charge is -2.14. The van der Waals surface area contributed by atoms with Crippen molar-refractivity contribution in [3.8, 4) is 0 Å². The average molecular weight is 638 g/mol. The SMILES string of the molecule is O=S(=O)(O)c1ccc(N=Nc2ccc(N=Nc3ccc(Nc4ccccc4)c4c(S(=O)(=O)O)cccc34)c3ccccc23)cc1. The minimum atomic E-state index is -4.57. The molecule has 0 fully saturated rings. The molecule has 0 spiro atoms. The Kier molecular flexibility index (Phi) is 7.91. The van der Waals surface area contributed by atoms with Crippen LogP contribution in [0.5, 0.6) is 0 Å². The molecule has 6 rings (SSSR count). The van der Waals surface area contributed by atoms with Gasteiger partial charge in [0.05, 0.1) is 27.6 Å². The van der Waals surface area contributed by atoms with Gasteiger partial charge in [-0.3, -0.25) is 9.11 Å². The number of rotatable bonds is 8. The lowest BCUT2D eigenvalue weighted by atomic mass is 10.1. The van der Waals surface area contributed by atoms with Crippen LogP contribution in [0.25, 0.3) is 21.5 Å². The summed E-state index contributed by atoms with van der Waals surface area (Å²) in [4.78, 5) is -0.506. The molecule has 0 aliphatic rings. The molecular weight excluding hydrogens is 615 g/mol. The molecule has 3 N–H and O–H groups in total. The maximum atomic E-state index is 12.3. The van der Waals surface area contributed by atoms with Crippen molar-refractivity contribution in [3.05, 3.63) is 121 Å². The Morgan fingerprint density at radius 2 is 1.02 bits per heavy atom. The van der Waals surface area contributed by atoms with Crippen molar-refractivity contribution in [2.75, 3.05) is 5.32 Å². The van der Waals surface area contributed by atoms with Crippen LogP contribution in [0.2, 0.25) is 0 Å². The lowest BCUT2D eigenvalue weighted by Crippen LogP contribution is -2.01. The third-order valence-corrected chi connectivity index (χ3v) is 8.63. The van der Waals surface area contributed by atoms with E-state index in [1.165, 1.54) is 36.4 Å². The van der Waals surface area contributed by atoms with Gasteiger partial charge in [0.2, 0.25) is 0 Å². The highest BCUT2D eigenvalue weighted by atomic mass is 32.2. The summed E-state index contributed by atoms with van der Waals surface area (Å²) < 4.78 is 66.5. The van der Waals surface area contributed by atoms with Crippen LogP contribution in [0, 0.1) is 0 Å². The Morgan fingerprint density at radius 3 is 1.62 bits per heavy atom. The van der Waals surface area contributed by atoms with E-state index in [4.69, 9.17) is 0 Å². The van der Waals surface area contributed by atoms with E-state index < -0.39 is 20.2 Å². The summed E-state index contributed by atoms with van der Waals surface area (Å²) in [5.74, 6) is 0. The number of benzene rings is 6. The summed E-state index contributed by atoms with van der Waals surface area (Å²) in [5.41, 5.74) is 3.02. The standard InChI is InChI=1S/C32H23N5O6S2/c38-44(39,40)23-15-13-22(14-16-23)34-35-27-17-18-28(25-10-5-4-9-24(25)27)36-37-29-19-20-30(33-21-7-2-1-3-8-21)32-26(29)11-6-12-31(32)45(41,42)43/h1-20,33H,(H,38,39,40)(H,41,42,43). The highest BCUT2D eigenvalue weighted by molar-refractivity contribution is 7.86. The molecule has 0 unspecified atom stereocenters. The number of nitrogens with zero attached hydrogens (tertiary/aromatic N) is 4. The molecule has 13 heteroatoms. The van der Waals surface area contributed by atoms with Crippen molar-refractivity contribution in [2.45, 2.75) is 9.79 Å². The van der Waals surface area contributed by atoms with Crippen LogP contribution in [0.3, 0.4) is 0 Å². The highest BCUT2D eigenvalue weighted by Crippen LogP contribution is 2.40. The summed E-state index contributed by atoms with van der Waals surface area (Å²) in [7, 11) is -8.88. The minimum absolute atomic E-state index is 0.245. The van der Waals surface area contributed by atoms with Gasteiger partial charge in [0.25, 0.3) is 20.2 Å². The van der Waals surface area contributed by atoms with Gasteiger partial charge in [-0.1, -0.05) is 54.6 Å². The fourth-order valence-corrected chi connectivity index (χ4v) is 6.00. The zero-order valence-corrected chi connectivity index (χ0v) is 24.8. The summed E-state index contributed by atoms with van der Waals surface area (Å²) in [6.07, 6.45) is 0. The van der Waals surface area contributed by atoms with Crippen molar-refractivity contribution >= 4 is 75.9 Å². The molecule has 6 aromatic carbocycles. The molecule has 0 heterocycles. The largest absolute Gasteiger partial charge is 0.355 e. The van der Waals surface area contributed by atoms with Gasteiger partial charge in [0, 0.05) is 32.9 Å². The first kappa shape index (κ1) is 29.7. The number of para-hydroxylation sites is 1. The molecule has 224 valence electrons. The number of azo groups is 2. The van der Waals surface area contributed by atoms with Crippen LogP contribution >= 0.6 is 0 Å². The Balaban J connectivity index is 1.38. The van der Waals surface area contributed by atoms with Gasteiger partial charge < -0.3 is 5.32 Å². The zero-order valence-electron chi connectivity index (χ0n) is 23.2. The van der Waals surface area contributed by atoms with E-state index in [2.05, 4.69) is 25.8 Å². The fraction of sp³-hybridized carbons (Fsp3) is 0. The second-order valence-corrected chi connectivity index (χ2v) is 12.6. The number of nitrogens with one attached hydrogen (secondary N) is 1. The quantitative estimate of drug-likeness (QED) is 0.110. The van der Waals surface area contributed by atoms with Crippen LogP contribution < -0.4 is 5.32 Å². The predicted octanol–water partition coefficient (Wildman–Crippen LogP) is 9.06. The molecule has 0 saturated carbocycles. The predicted molar refractivity (Wildman–Crippen MR) is 172 cm³/mol. The second-order valence-electron chi connectivity index (χ2n) is 9.80. The molecule has 0 amide bonds. The van der Waals surface area contributed by atoms with Crippen molar-refractivity contribution in [3.63, 3.8) is 0 Å². The second kappa shape index (κ2) is 12.0. The molecule has 0 aromatic heterocycles. The van der Waals surface area contributed by atoms with Crippen molar-refractivity contribution in [1.29, 1.82) is 0 Å². The van der Waals surface area contributed by atoms with Gasteiger partial charge in [0.15, 0.2) is 0 Å². The first-order chi connectivity index (χ1) is 21.6. The van der Waals surface area contributed by atoms with Crippen LogP contribution in [0.15, 0.2) is 152 Å². The molecule has 0 aliphatic heterocycles. The number of hydrogen-bond donors (Lipinski definition) is 3. The highest BCUT2D eigenvalue weighted by Gasteiger charge is 2.19. The minimum Gasteiger partial charge on any atom is -0.355 e. The first-order valence-electron chi connectivity index (χ1n) is 13.4. The van der Waals surface area contributed by atoms with Crippen molar-refractivity contribution in [2.24, 2.45) is 20.5 Å². The van der Waals surface area contributed by atoms with Crippen LogP contribution in [-0.4, -0.2) is 25.9 Å². The Hall–Kier alpha value is -5.34. The monoisotopic (exact) mass is 637 g/mol. The molecule has 11 nitrogen and oxygen atoms in total. The van der Waals surface area contributed by atoms with Crippen LogP contribution in [0.1, 0.15) is 0 Å². The average Bonchev–Trinajstić information content (AvgIpc) is 3.03. The van der Waals surface area contributed by atoms with Gasteiger partial charge in [0.1, 0.15) is 4.90 Å². The van der Waals surface area contributed by atoms with Gasteiger partial charge >= 0.3 is 0 Å². The third-order valence-electron chi connectivity index (χ3n) is 6.86. The van der Waals surface area contributed by atoms with Gasteiger partial charge in [-0.25, -0.2) is 0 Å². The van der Waals surface area contributed by atoms with Crippen molar-refractivity contribution in [1.82, 2.24) is 0 Å². The summed E-state index contributed by atoms with van der Waals surface area (Å²) in [6.45, 7) is 0.